The number of amides is 2. The highest BCUT2D eigenvalue weighted by molar-refractivity contribution is 7.99. The molecule has 2 N–H and O–H groups in total. The molecular formula is C23H28N2O3S. The number of benzene rings is 2. The van der Waals surface area contributed by atoms with Gasteiger partial charge in [0.1, 0.15) is 11.8 Å². The fraction of sp³-hybridized carbons (Fsp3) is 0.391. The summed E-state index contributed by atoms with van der Waals surface area (Å²) in [7, 11) is 0. The van der Waals surface area contributed by atoms with Crippen LogP contribution in [0.1, 0.15) is 49.2 Å². The minimum atomic E-state index is -0.601. The highest BCUT2D eigenvalue weighted by atomic mass is 32.2. The third kappa shape index (κ3) is 5.32. The van der Waals surface area contributed by atoms with Crippen LogP contribution >= 0.6 is 11.8 Å². The fourth-order valence-corrected chi connectivity index (χ4v) is 4.51. The number of thioether (sulfide) groups is 1. The van der Waals surface area contributed by atoms with Crippen LogP contribution < -0.4 is 15.4 Å². The maximum Gasteiger partial charge on any atom is 0.251 e. The molecule has 1 aliphatic heterocycles. The first kappa shape index (κ1) is 21.2. The van der Waals surface area contributed by atoms with Crippen LogP contribution in [-0.2, 0) is 4.79 Å². The summed E-state index contributed by atoms with van der Waals surface area (Å²) >= 11 is 1.82. The summed E-state index contributed by atoms with van der Waals surface area (Å²) in [5.41, 5.74) is 1.66. The molecule has 0 unspecified atom stereocenters. The van der Waals surface area contributed by atoms with Crippen molar-refractivity contribution in [3.63, 3.8) is 0 Å². The SMILES string of the molecule is CCOc1ccc(C(=O)N[C@H](C(=O)N[C@H]2CCSc3ccccc32)C(C)C)cc1. The molecule has 0 aromatic heterocycles. The van der Waals surface area contributed by atoms with Crippen molar-refractivity contribution in [1.29, 1.82) is 0 Å². The van der Waals surface area contributed by atoms with Gasteiger partial charge >= 0.3 is 0 Å². The van der Waals surface area contributed by atoms with E-state index in [1.807, 2.05) is 44.7 Å². The van der Waals surface area contributed by atoms with E-state index in [4.69, 9.17) is 4.74 Å². The van der Waals surface area contributed by atoms with Gasteiger partial charge in [-0.1, -0.05) is 32.0 Å². The minimum absolute atomic E-state index is 0.0245. The molecule has 0 saturated carbocycles. The Labute approximate surface area is 176 Å². The van der Waals surface area contributed by atoms with Gasteiger partial charge in [-0.25, -0.2) is 0 Å². The molecule has 0 radical (unpaired) electrons. The molecule has 0 saturated heterocycles. The van der Waals surface area contributed by atoms with Crippen molar-refractivity contribution in [2.24, 2.45) is 5.92 Å². The van der Waals surface area contributed by atoms with E-state index in [2.05, 4.69) is 22.8 Å². The van der Waals surface area contributed by atoms with Gasteiger partial charge in [-0.3, -0.25) is 9.59 Å². The normalized spacial score (nSPS) is 16.6. The van der Waals surface area contributed by atoms with E-state index >= 15 is 0 Å². The molecule has 29 heavy (non-hydrogen) atoms. The first-order valence-corrected chi connectivity index (χ1v) is 11.0. The Bertz CT molecular complexity index is 851. The highest BCUT2D eigenvalue weighted by Crippen LogP contribution is 2.35. The largest absolute Gasteiger partial charge is 0.494 e. The molecule has 0 spiro atoms. The number of nitrogens with one attached hydrogen (secondary N) is 2. The van der Waals surface area contributed by atoms with Gasteiger partial charge in [0.05, 0.1) is 12.6 Å². The Morgan fingerprint density at radius 3 is 2.55 bits per heavy atom. The van der Waals surface area contributed by atoms with Gasteiger partial charge in [-0.05, 0) is 55.2 Å². The van der Waals surface area contributed by atoms with Gasteiger partial charge in [-0.15, -0.1) is 11.8 Å². The Kier molecular flexibility index (Phi) is 7.20. The number of fused-ring (bicyclic) bond motifs is 1. The Balaban J connectivity index is 1.68. The third-order valence-electron chi connectivity index (χ3n) is 4.94. The Hall–Kier alpha value is -2.47. The molecule has 2 amide bonds. The summed E-state index contributed by atoms with van der Waals surface area (Å²) in [6.07, 6.45) is 0.880. The van der Waals surface area contributed by atoms with Crippen LogP contribution in [-0.4, -0.2) is 30.2 Å². The number of rotatable bonds is 7. The molecule has 2 aromatic carbocycles. The second kappa shape index (κ2) is 9.83. The van der Waals surface area contributed by atoms with Crippen LogP contribution in [0.25, 0.3) is 0 Å². The lowest BCUT2D eigenvalue weighted by molar-refractivity contribution is -0.124. The lowest BCUT2D eigenvalue weighted by Gasteiger charge is -2.29. The molecular weight excluding hydrogens is 384 g/mol. The van der Waals surface area contributed by atoms with Crippen molar-refractivity contribution in [1.82, 2.24) is 10.6 Å². The molecule has 3 rings (SSSR count). The van der Waals surface area contributed by atoms with Crippen LogP contribution in [0.4, 0.5) is 0 Å². The van der Waals surface area contributed by atoms with E-state index in [0.717, 1.165) is 23.5 Å². The molecule has 6 heteroatoms. The number of hydrogen-bond acceptors (Lipinski definition) is 4. The van der Waals surface area contributed by atoms with Crippen molar-refractivity contribution in [3.05, 3.63) is 59.7 Å². The first-order chi connectivity index (χ1) is 14.0. The molecule has 2 aromatic rings. The fourth-order valence-electron chi connectivity index (χ4n) is 3.38. The molecule has 5 nitrogen and oxygen atoms in total. The summed E-state index contributed by atoms with van der Waals surface area (Å²) in [4.78, 5) is 26.9. The van der Waals surface area contributed by atoms with E-state index < -0.39 is 6.04 Å². The molecule has 2 atom stereocenters. The van der Waals surface area contributed by atoms with Gasteiger partial charge in [-0.2, -0.15) is 0 Å². The zero-order valence-corrected chi connectivity index (χ0v) is 17.9. The van der Waals surface area contributed by atoms with Gasteiger partial charge in [0.15, 0.2) is 0 Å². The molecule has 0 bridgehead atoms. The van der Waals surface area contributed by atoms with Gasteiger partial charge in [0.25, 0.3) is 5.91 Å². The van der Waals surface area contributed by atoms with Crippen molar-refractivity contribution >= 4 is 23.6 Å². The van der Waals surface area contributed by atoms with Crippen molar-refractivity contribution < 1.29 is 14.3 Å². The van der Waals surface area contributed by atoms with Gasteiger partial charge in [0, 0.05) is 16.2 Å². The molecule has 1 heterocycles. The number of carbonyl (C=O) groups is 2. The Morgan fingerprint density at radius 1 is 1.14 bits per heavy atom. The maximum absolute atomic E-state index is 13.0. The van der Waals surface area contributed by atoms with Gasteiger partial charge in [0.2, 0.25) is 5.91 Å². The summed E-state index contributed by atoms with van der Waals surface area (Å²) < 4.78 is 5.41. The lowest BCUT2D eigenvalue weighted by Crippen LogP contribution is -2.50. The van der Waals surface area contributed by atoms with Crippen LogP contribution in [0.3, 0.4) is 0 Å². The van der Waals surface area contributed by atoms with Crippen molar-refractivity contribution in [3.8, 4) is 5.75 Å². The minimum Gasteiger partial charge on any atom is -0.494 e. The van der Waals surface area contributed by atoms with Crippen LogP contribution in [0.15, 0.2) is 53.4 Å². The smallest absolute Gasteiger partial charge is 0.251 e. The summed E-state index contributed by atoms with van der Waals surface area (Å²) in [6.45, 7) is 6.36. The van der Waals surface area contributed by atoms with Crippen LogP contribution in [0.2, 0.25) is 0 Å². The third-order valence-corrected chi connectivity index (χ3v) is 6.06. The number of carbonyl (C=O) groups excluding carboxylic acids is 2. The second-order valence-corrected chi connectivity index (χ2v) is 8.53. The average Bonchev–Trinajstić information content (AvgIpc) is 2.72. The first-order valence-electron chi connectivity index (χ1n) is 10.1. The number of hydrogen-bond donors (Lipinski definition) is 2. The summed E-state index contributed by atoms with van der Waals surface area (Å²) in [6, 6.07) is 14.5. The molecule has 0 fully saturated rings. The van der Waals surface area contributed by atoms with Crippen molar-refractivity contribution in [2.45, 2.75) is 44.2 Å². The predicted molar refractivity (Wildman–Crippen MR) is 116 cm³/mol. The molecule has 0 aliphatic carbocycles. The van der Waals surface area contributed by atoms with Crippen LogP contribution in [0.5, 0.6) is 5.75 Å². The van der Waals surface area contributed by atoms with E-state index in [-0.39, 0.29) is 23.8 Å². The highest BCUT2D eigenvalue weighted by Gasteiger charge is 2.29. The zero-order valence-electron chi connectivity index (χ0n) is 17.1. The van der Waals surface area contributed by atoms with E-state index in [9.17, 15) is 9.59 Å². The quantitative estimate of drug-likeness (QED) is 0.715. The lowest BCUT2D eigenvalue weighted by atomic mass is 9.99. The van der Waals surface area contributed by atoms with Crippen molar-refractivity contribution in [2.75, 3.05) is 12.4 Å². The van der Waals surface area contributed by atoms with E-state index in [1.165, 1.54) is 4.90 Å². The summed E-state index contributed by atoms with van der Waals surface area (Å²) in [5, 5.41) is 6.05. The van der Waals surface area contributed by atoms with E-state index in [0.29, 0.717) is 12.2 Å². The Morgan fingerprint density at radius 2 is 1.86 bits per heavy atom. The standard InChI is InChI=1S/C23H28N2O3S/c1-4-28-17-11-9-16(10-12-17)22(26)25-21(15(2)3)23(27)24-19-13-14-29-20-8-6-5-7-18(19)20/h5-12,15,19,21H,4,13-14H2,1-3H3,(H,24,27)(H,25,26)/t19-,21-/m0/s1. The average molecular weight is 413 g/mol. The topological polar surface area (TPSA) is 67.4 Å². The van der Waals surface area contributed by atoms with Gasteiger partial charge < -0.3 is 15.4 Å². The monoisotopic (exact) mass is 412 g/mol. The van der Waals surface area contributed by atoms with Crippen LogP contribution in [0, 0.1) is 5.92 Å². The second-order valence-electron chi connectivity index (χ2n) is 7.39. The molecule has 154 valence electrons. The predicted octanol–water partition coefficient (Wildman–Crippen LogP) is 4.19. The summed E-state index contributed by atoms with van der Waals surface area (Å²) in [5.74, 6) is 1.24. The maximum atomic E-state index is 13.0. The molecule has 1 aliphatic rings. The van der Waals surface area contributed by atoms with E-state index in [1.54, 1.807) is 24.3 Å². The number of ether oxygens (including phenoxy) is 1. The zero-order chi connectivity index (χ0) is 20.8.